The predicted octanol–water partition coefficient (Wildman–Crippen LogP) is 3.91. The van der Waals surface area contributed by atoms with Crippen LogP contribution in [0.4, 0.5) is 8.78 Å². The third-order valence-corrected chi connectivity index (χ3v) is 7.38. The predicted molar refractivity (Wildman–Crippen MR) is 132 cm³/mol. The summed E-state index contributed by atoms with van der Waals surface area (Å²) in [6, 6.07) is 8.55. The zero-order valence-corrected chi connectivity index (χ0v) is 21.1. The summed E-state index contributed by atoms with van der Waals surface area (Å²) in [6.07, 6.45) is 4.41. The fraction of sp³-hybridized carbons (Fsp3) is 0.217. The van der Waals surface area contributed by atoms with Crippen molar-refractivity contribution in [1.82, 2.24) is 10.3 Å². The molecular weight excluding hydrogens is 501 g/mol. The van der Waals surface area contributed by atoms with Gasteiger partial charge in [-0.25, -0.2) is 4.39 Å². The number of carbonyl (C=O) groups is 1. The average molecular weight is 528 g/mol. The molecule has 0 aliphatic heterocycles. The standard InChI is InChI=1S/C21H22ClFN3O4P.C2H4FN/c1-14(23)8-11-31(28,30-3)20-17-12-16(22)4-5-18(17)25-19(20)21(27)24-13-15-6-9-26(29-2)10-7-15;1-2(3)4/h4-10,12H,11,13H2,1-3H3,(H-,24,25,27,28);1,4H2/p+1/b14-8+;. The van der Waals surface area contributed by atoms with E-state index in [9.17, 15) is 18.1 Å². The third kappa shape index (κ3) is 7.65. The highest BCUT2D eigenvalue weighted by Gasteiger charge is 2.33. The molecule has 1 aromatic carbocycles. The molecule has 0 saturated carbocycles. The van der Waals surface area contributed by atoms with E-state index in [1.165, 1.54) is 24.8 Å². The zero-order chi connectivity index (χ0) is 26.2. The number of nitrogens with zero attached hydrogens (tertiary/aromatic N) is 1. The van der Waals surface area contributed by atoms with Crippen molar-refractivity contribution in [3.63, 3.8) is 0 Å². The number of aromatic amines is 1. The van der Waals surface area contributed by atoms with Crippen LogP contribution in [0.5, 0.6) is 0 Å². The first-order chi connectivity index (χ1) is 16.5. The summed E-state index contributed by atoms with van der Waals surface area (Å²) in [5.41, 5.74) is 5.76. The highest BCUT2D eigenvalue weighted by Crippen LogP contribution is 2.48. The fourth-order valence-electron chi connectivity index (χ4n) is 3.13. The van der Waals surface area contributed by atoms with Gasteiger partial charge < -0.3 is 20.6 Å². The van der Waals surface area contributed by atoms with Crippen LogP contribution in [0.25, 0.3) is 10.9 Å². The van der Waals surface area contributed by atoms with Gasteiger partial charge in [0, 0.05) is 52.6 Å². The molecule has 3 aromatic rings. The number of rotatable bonds is 8. The van der Waals surface area contributed by atoms with Gasteiger partial charge >= 0.3 is 0 Å². The lowest BCUT2D eigenvalue weighted by molar-refractivity contribution is -0.885. The van der Waals surface area contributed by atoms with Crippen LogP contribution in [-0.2, 0) is 15.6 Å². The maximum absolute atomic E-state index is 13.7. The van der Waals surface area contributed by atoms with Gasteiger partial charge in [0.1, 0.15) is 12.8 Å². The van der Waals surface area contributed by atoms with Gasteiger partial charge in [-0.1, -0.05) is 11.6 Å². The Kier molecular flexibility index (Phi) is 10.0. The number of halogens is 3. The number of fused-ring (bicyclic) bond motifs is 1. The first-order valence-electron chi connectivity index (χ1n) is 10.2. The first kappa shape index (κ1) is 28.0. The lowest BCUT2D eigenvalue weighted by Gasteiger charge is -2.16. The Morgan fingerprint density at radius 3 is 2.46 bits per heavy atom. The maximum Gasteiger partial charge on any atom is 0.268 e. The first-order valence-corrected chi connectivity index (χ1v) is 12.4. The number of allylic oxidation sites excluding steroid dienone is 2. The number of hydrogen-bond acceptors (Lipinski definition) is 5. The van der Waals surface area contributed by atoms with Gasteiger partial charge in [0.25, 0.3) is 5.91 Å². The molecule has 0 radical (unpaired) electrons. The van der Waals surface area contributed by atoms with E-state index < -0.39 is 25.1 Å². The number of benzene rings is 1. The van der Waals surface area contributed by atoms with Gasteiger partial charge in [0.2, 0.25) is 19.8 Å². The molecule has 188 valence electrons. The minimum Gasteiger partial charge on any atom is -0.376 e. The average Bonchev–Trinajstić information content (AvgIpc) is 3.20. The summed E-state index contributed by atoms with van der Waals surface area (Å²) in [6.45, 7) is 4.16. The summed E-state index contributed by atoms with van der Waals surface area (Å²) >= 11 is 6.14. The van der Waals surface area contributed by atoms with E-state index in [1.54, 1.807) is 49.8 Å². The summed E-state index contributed by atoms with van der Waals surface area (Å²) < 4.78 is 44.5. The van der Waals surface area contributed by atoms with Crippen molar-refractivity contribution in [2.75, 3.05) is 20.4 Å². The number of hydrogen-bond donors (Lipinski definition) is 3. The van der Waals surface area contributed by atoms with Crippen molar-refractivity contribution in [2.45, 2.75) is 13.5 Å². The molecule has 35 heavy (non-hydrogen) atoms. The van der Waals surface area contributed by atoms with Crippen molar-refractivity contribution in [2.24, 2.45) is 5.73 Å². The van der Waals surface area contributed by atoms with Crippen LogP contribution in [-0.4, -0.2) is 31.3 Å². The maximum atomic E-state index is 13.7. The van der Waals surface area contributed by atoms with E-state index in [0.29, 0.717) is 15.9 Å². The second-order valence-electron chi connectivity index (χ2n) is 7.25. The van der Waals surface area contributed by atoms with Crippen LogP contribution in [0.15, 0.2) is 67.2 Å². The van der Waals surface area contributed by atoms with E-state index in [-0.39, 0.29) is 23.7 Å². The van der Waals surface area contributed by atoms with Gasteiger partial charge in [-0.05, 0) is 43.3 Å². The molecule has 8 nitrogen and oxygen atoms in total. The second-order valence-corrected chi connectivity index (χ2v) is 10.2. The van der Waals surface area contributed by atoms with E-state index in [0.717, 1.165) is 5.56 Å². The molecule has 0 bridgehead atoms. The van der Waals surface area contributed by atoms with Crippen molar-refractivity contribution < 1.29 is 32.2 Å². The van der Waals surface area contributed by atoms with E-state index in [2.05, 4.69) is 22.6 Å². The second kappa shape index (κ2) is 12.5. The molecule has 0 saturated heterocycles. The van der Waals surface area contributed by atoms with Gasteiger partial charge in [0.15, 0.2) is 5.95 Å². The molecule has 0 aliphatic rings. The quantitative estimate of drug-likeness (QED) is 0.234. The van der Waals surface area contributed by atoms with Crippen LogP contribution in [0.3, 0.4) is 0 Å². The number of nitrogens with one attached hydrogen (secondary N) is 2. The van der Waals surface area contributed by atoms with Gasteiger partial charge in [0.05, 0.1) is 11.1 Å². The van der Waals surface area contributed by atoms with Crippen LogP contribution >= 0.6 is 19.0 Å². The normalized spacial score (nSPS) is 12.9. The van der Waals surface area contributed by atoms with Crippen LogP contribution in [0.2, 0.25) is 5.02 Å². The van der Waals surface area contributed by atoms with E-state index in [1.807, 2.05) is 0 Å². The summed E-state index contributed by atoms with van der Waals surface area (Å²) in [7, 11) is -0.788. The molecule has 0 aliphatic carbocycles. The Balaban J connectivity index is 0.00000100. The number of carbonyl (C=O) groups excluding carboxylic acids is 1. The summed E-state index contributed by atoms with van der Waals surface area (Å²) in [5.74, 6) is -1.79. The highest BCUT2D eigenvalue weighted by molar-refractivity contribution is 7.67. The molecule has 4 N–H and O–H groups in total. The Labute approximate surface area is 206 Å². The van der Waals surface area contributed by atoms with Gasteiger partial charge in [-0.3, -0.25) is 14.2 Å². The Morgan fingerprint density at radius 2 is 1.91 bits per heavy atom. The molecule has 0 spiro atoms. The minimum atomic E-state index is -3.61. The SMILES string of the molecule is C=C(N)F.CO[n+]1ccc(CNC(=O)c2[nH]c3ccc(Cl)cc3c2P(=O)(C/C=C(\C)F)OC)cc1. The van der Waals surface area contributed by atoms with Crippen molar-refractivity contribution in [1.29, 1.82) is 0 Å². The van der Waals surface area contributed by atoms with Crippen molar-refractivity contribution in [3.8, 4) is 0 Å². The summed E-state index contributed by atoms with van der Waals surface area (Å²) in [4.78, 5) is 21.1. The largest absolute Gasteiger partial charge is 0.376 e. The Morgan fingerprint density at radius 1 is 1.29 bits per heavy atom. The summed E-state index contributed by atoms with van der Waals surface area (Å²) in [5, 5.41) is 3.90. The fourth-order valence-corrected chi connectivity index (χ4v) is 5.35. The highest BCUT2D eigenvalue weighted by atomic mass is 35.5. The molecule has 0 fully saturated rings. The van der Waals surface area contributed by atoms with E-state index >= 15 is 0 Å². The molecule has 1 unspecified atom stereocenters. The van der Waals surface area contributed by atoms with Crippen LogP contribution < -0.4 is 25.9 Å². The number of pyridine rings is 1. The van der Waals surface area contributed by atoms with Crippen molar-refractivity contribution >= 4 is 41.1 Å². The van der Waals surface area contributed by atoms with E-state index in [4.69, 9.17) is 21.0 Å². The minimum absolute atomic E-state index is 0.0928. The van der Waals surface area contributed by atoms with Crippen molar-refractivity contribution in [3.05, 3.63) is 83.4 Å². The van der Waals surface area contributed by atoms with Crippen LogP contribution in [0.1, 0.15) is 23.0 Å². The lowest BCUT2D eigenvalue weighted by atomic mass is 10.2. The Bertz CT molecular complexity index is 1270. The molecule has 2 aromatic heterocycles. The van der Waals surface area contributed by atoms with Gasteiger partial charge in [-0.15, -0.1) is 0 Å². The number of aromatic nitrogens is 2. The Hall–Kier alpha value is -3.20. The molecule has 1 amide bonds. The topological polar surface area (TPSA) is 110 Å². The molecular formula is C23H27ClF2N4O4P+. The lowest BCUT2D eigenvalue weighted by Crippen LogP contribution is -2.39. The third-order valence-electron chi connectivity index (χ3n) is 4.74. The smallest absolute Gasteiger partial charge is 0.268 e. The zero-order valence-electron chi connectivity index (χ0n) is 19.5. The number of nitrogens with two attached hydrogens (primary N) is 1. The number of amides is 1. The monoisotopic (exact) mass is 527 g/mol. The molecule has 2 heterocycles. The van der Waals surface area contributed by atoms with Crippen LogP contribution in [0, 0.1) is 0 Å². The molecule has 1 atom stereocenters. The molecule has 12 heteroatoms. The number of H-pyrrole nitrogens is 1. The van der Waals surface area contributed by atoms with Gasteiger partial charge in [-0.2, -0.15) is 4.39 Å². The molecule has 3 rings (SSSR count).